The minimum atomic E-state index is -0.438. The average Bonchev–Trinajstić information content (AvgIpc) is 2.82. The Bertz CT molecular complexity index is 421. The van der Waals surface area contributed by atoms with Gasteiger partial charge in [-0.05, 0) is 19.1 Å². The van der Waals surface area contributed by atoms with Crippen molar-refractivity contribution in [3.05, 3.63) is 18.2 Å². The fourth-order valence-corrected chi connectivity index (χ4v) is 1.47. The fraction of sp³-hybridized carbons (Fsp3) is 0.417. The molecule has 1 aliphatic heterocycles. The standard InChI is InChI=1S/C12H15NO5/c1-2-15-12(14)13-5-6-16-9-3-4-10-11(7-9)18-8-17-10/h3-4,7H,2,5-6,8H2,1H3,(H,13,14). The molecule has 98 valence electrons. The molecule has 0 radical (unpaired) electrons. The third-order valence-corrected chi connectivity index (χ3v) is 2.26. The molecule has 0 aromatic heterocycles. The highest BCUT2D eigenvalue weighted by Crippen LogP contribution is 2.34. The van der Waals surface area contributed by atoms with Crippen LogP contribution in [0.1, 0.15) is 6.92 Å². The lowest BCUT2D eigenvalue weighted by Crippen LogP contribution is -2.28. The number of fused-ring (bicyclic) bond motifs is 1. The first-order valence-corrected chi connectivity index (χ1v) is 5.72. The van der Waals surface area contributed by atoms with Crippen LogP contribution in [0.5, 0.6) is 17.2 Å². The van der Waals surface area contributed by atoms with E-state index in [2.05, 4.69) is 5.32 Å². The van der Waals surface area contributed by atoms with Crippen LogP contribution in [0.25, 0.3) is 0 Å². The van der Waals surface area contributed by atoms with E-state index in [0.717, 1.165) is 0 Å². The molecule has 0 bridgehead atoms. The highest BCUT2D eigenvalue weighted by molar-refractivity contribution is 5.66. The van der Waals surface area contributed by atoms with E-state index in [-0.39, 0.29) is 6.79 Å². The van der Waals surface area contributed by atoms with E-state index in [4.69, 9.17) is 18.9 Å². The number of hydrogen-bond donors (Lipinski definition) is 1. The maximum Gasteiger partial charge on any atom is 0.407 e. The van der Waals surface area contributed by atoms with Crippen LogP contribution in [-0.2, 0) is 4.74 Å². The van der Waals surface area contributed by atoms with Gasteiger partial charge in [0.05, 0.1) is 13.2 Å². The second-order valence-corrected chi connectivity index (χ2v) is 3.51. The molecule has 2 rings (SSSR count). The molecule has 0 fully saturated rings. The zero-order valence-electron chi connectivity index (χ0n) is 10.1. The lowest BCUT2D eigenvalue weighted by molar-refractivity contribution is 0.150. The Kier molecular flexibility index (Phi) is 4.11. The number of benzene rings is 1. The third-order valence-electron chi connectivity index (χ3n) is 2.26. The van der Waals surface area contributed by atoms with Crippen molar-refractivity contribution >= 4 is 6.09 Å². The average molecular weight is 253 g/mol. The normalized spacial score (nSPS) is 12.1. The molecule has 0 aliphatic carbocycles. The summed E-state index contributed by atoms with van der Waals surface area (Å²) in [6.07, 6.45) is -0.438. The van der Waals surface area contributed by atoms with Gasteiger partial charge in [-0.3, -0.25) is 0 Å². The quantitative estimate of drug-likeness (QED) is 0.806. The molecule has 1 amide bonds. The maximum absolute atomic E-state index is 11.0. The molecule has 0 atom stereocenters. The summed E-state index contributed by atoms with van der Waals surface area (Å²) in [7, 11) is 0. The number of carbonyl (C=O) groups is 1. The number of nitrogens with one attached hydrogen (secondary N) is 1. The molecule has 0 unspecified atom stereocenters. The van der Waals surface area contributed by atoms with Gasteiger partial charge in [0.15, 0.2) is 11.5 Å². The molecule has 0 saturated carbocycles. The first-order valence-electron chi connectivity index (χ1n) is 5.72. The summed E-state index contributed by atoms with van der Waals surface area (Å²) in [6.45, 7) is 3.09. The molecular weight excluding hydrogens is 238 g/mol. The topological polar surface area (TPSA) is 66.0 Å². The van der Waals surface area contributed by atoms with E-state index in [1.165, 1.54) is 0 Å². The summed E-state index contributed by atoms with van der Waals surface area (Å²) in [4.78, 5) is 11.0. The van der Waals surface area contributed by atoms with Crippen molar-refractivity contribution in [3.63, 3.8) is 0 Å². The Labute approximate surface area is 105 Å². The summed E-state index contributed by atoms with van der Waals surface area (Å²) in [5, 5.41) is 2.56. The second-order valence-electron chi connectivity index (χ2n) is 3.51. The van der Waals surface area contributed by atoms with Crippen molar-refractivity contribution in [2.75, 3.05) is 26.6 Å². The Morgan fingerprint density at radius 1 is 1.39 bits per heavy atom. The monoisotopic (exact) mass is 253 g/mol. The van der Waals surface area contributed by atoms with E-state index in [1.807, 2.05) is 0 Å². The van der Waals surface area contributed by atoms with E-state index in [9.17, 15) is 4.79 Å². The molecule has 1 aliphatic rings. The number of alkyl carbamates (subject to hydrolysis) is 1. The van der Waals surface area contributed by atoms with Gasteiger partial charge in [-0.2, -0.15) is 0 Å². The van der Waals surface area contributed by atoms with Crippen LogP contribution in [0.15, 0.2) is 18.2 Å². The predicted octanol–water partition coefficient (Wildman–Crippen LogP) is 1.54. The van der Waals surface area contributed by atoms with Gasteiger partial charge in [0.25, 0.3) is 0 Å². The number of rotatable bonds is 5. The Morgan fingerprint density at radius 3 is 3.06 bits per heavy atom. The Morgan fingerprint density at radius 2 is 2.22 bits per heavy atom. The molecule has 1 aromatic carbocycles. The predicted molar refractivity (Wildman–Crippen MR) is 63.1 cm³/mol. The van der Waals surface area contributed by atoms with Crippen molar-refractivity contribution in [2.45, 2.75) is 6.92 Å². The Hall–Kier alpha value is -2.11. The summed E-state index contributed by atoms with van der Waals surface area (Å²) >= 11 is 0. The number of carbonyl (C=O) groups excluding carboxylic acids is 1. The Balaban J connectivity index is 1.72. The lowest BCUT2D eigenvalue weighted by Gasteiger charge is -2.08. The molecule has 0 saturated heterocycles. The van der Waals surface area contributed by atoms with Crippen LogP contribution in [0.3, 0.4) is 0 Å². The highest BCUT2D eigenvalue weighted by Gasteiger charge is 2.13. The molecule has 1 N–H and O–H groups in total. The van der Waals surface area contributed by atoms with E-state index in [1.54, 1.807) is 25.1 Å². The van der Waals surface area contributed by atoms with Crippen LogP contribution >= 0.6 is 0 Å². The zero-order chi connectivity index (χ0) is 12.8. The van der Waals surface area contributed by atoms with Crippen LogP contribution in [0.2, 0.25) is 0 Å². The van der Waals surface area contributed by atoms with Gasteiger partial charge in [0.2, 0.25) is 6.79 Å². The molecule has 18 heavy (non-hydrogen) atoms. The summed E-state index contributed by atoms with van der Waals surface area (Å²) in [5.74, 6) is 2.06. The van der Waals surface area contributed by atoms with Gasteiger partial charge in [-0.25, -0.2) is 4.79 Å². The first-order chi connectivity index (χ1) is 8.79. The van der Waals surface area contributed by atoms with Crippen LogP contribution in [0, 0.1) is 0 Å². The van der Waals surface area contributed by atoms with Crippen LogP contribution in [0.4, 0.5) is 4.79 Å². The number of ether oxygens (including phenoxy) is 4. The first kappa shape index (κ1) is 12.3. The van der Waals surface area contributed by atoms with Gasteiger partial charge >= 0.3 is 6.09 Å². The number of amides is 1. The van der Waals surface area contributed by atoms with E-state index >= 15 is 0 Å². The van der Waals surface area contributed by atoms with Gasteiger partial charge in [0.1, 0.15) is 12.4 Å². The van der Waals surface area contributed by atoms with E-state index < -0.39 is 6.09 Å². The largest absolute Gasteiger partial charge is 0.492 e. The third kappa shape index (κ3) is 3.19. The smallest absolute Gasteiger partial charge is 0.407 e. The molecule has 0 spiro atoms. The summed E-state index contributed by atoms with van der Waals surface area (Å²) < 4.78 is 20.6. The van der Waals surface area contributed by atoms with Gasteiger partial charge in [-0.1, -0.05) is 0 Å². The molecule has 1 aromatic rings. The van der Waals surface area contributed by atoms with Crippen molar-refractivity contribution in [1.29, 1.82) is 0 Å². The maximum atomic E-state index is 11.0. The lowest BCUT2D eigenvalue weighted by atomic mass is 10.3. The molecular formula is C12H15NO5. The zero-order valence-corrected chi connectivity index (χ0v) is 10.1. The summed E-state index contributed by atoms with van der Waals surface area (Å²) in [5.41, 5.74) is 0. The van der Waals surface area contributed by atoms with E-state index in [0.29, 0.717) is 37.0 Å². The summed E-state index contributed by atoms with van der Waals surface area (Å²) in [6, 6.07) is 5.33. The van der Waals surface area contributed by atoms with Crippen molar-refractivity contribution in [1.82, 2.24) is 5.32 Å². The van der Waals surface area contributed by atoms with Gasteiger partial charge in [0, 0.05) is 6.07 Å². The molecule has 6 nitrogen and oxygen atoms in total. The van der Waals surface area contributed by atoms with Gasteiger partial charge < -0.3 is 24.3 Å². The van der Waals surface area contributed by atoms with Crippen molar-refractivity contribution < 1.29 is 23.7 Å². The molecule has 1 heterocycles. The number of hydrogen-bond acceptors (Lipinski definition) is 5. The van der Waals surface area contributed by atoms with Crippen LogP contribution in [-0.4, -0.2) is 32.6 Å². The van der Waals surface area contributed by atoms with Gasteiger partial charge in [-0.15, -0.1) is 0 Å². The molecule has 6 heteroatoms. The SMILES string of the molecule is CCOC(=O)NCCOc1ccc2c(c1)OCO2. The van der Waals surface area contributed by atoms with Crippen molar-refractivity contribution in [3.8, 4) is 17.2 Å². The van der Waals surface area contributed by atoms with Crippen LogP contribution < -0.4 is 19.5 Å². The minimum absolute atomic E-state index is 0.239. The van der Waals surface area contributed by atoms with Crippen molar-refractivity contribution in [2.24, 2.45) is 0 Å². The highest BCUT2D eigenvalue weighted by atomic mass is 16.7. The minimum Gasteiger partial charge on any atom is -0.492 e. The fourth-order valence-electron chi connectivity index (χ4n) is 1.47. The second kappa shape index (κ2) is 6.00.